The Morgan fingerprint density at radius 3 is 2.62 bits per heavy atom. The molecule has 24 heavy (non-hydrogen) atoms. The first kappa shape index (κ1) is 15.9. The summed E-state index contributed by atoms with van der Waals surface area (Å²) < 4.78 is 11.5. The Bertz CT molecular complexity index is 913. The number of ether oxygens (including phenoxy) is 1. The lowest BCUT2D eigenvalue weighted by atomic mass is 10.1. The van der Waals surface area contributed by atoms with Gasteiger partial charge in [0.2, 0.25) is 5.89 Å². The maximum atomic E-state index is 11.9. The highest BCUT2D eigenvalue weighted by molar-refractivity contribution is 9.10. The van der Waals surface area contributed by atoms with Crippen molar-refractivity contribution < 1.29 is 13.9 Å². The second-order valence-electron chi connectivity index (χ2n) is 4.75. The van der Waals surface area contributed by atoms with Crippen LogP contribution in [0.1, 0.15) is 21.8 Å². The number of carbonyl (C=O) groups excluding carboxylic acids is 1. The third kappa shape index (κ3) is 3.50. The van der Waals surface area contributed by atoms with Gasteiger partial charge >= 0.3 is 5.97 Å². The number of rotatable bonds is 4. The molecule has 0 unspecified atom stereocenters. The molecule has 0 atom stereocenters. The summed E-state index contributed by atoms with van der Waals surface area (Å²) in [4.78, 5) is 11.9. The van der Waals surface area contributed by atoms with Gasteiger partial charge in [0.15, 0.2) is 6.61 Å². The summed E-state index contributed by atoms with van der Waals surface area (Å²) in [5.41, 5.74) is 1.58. The number of esters is 1. The highest BCUT2D eigenvalue weighted by Crippen LogP contribution is 2.26. The van der Waals surface area contributed by atoms with Gasteiger partial charge in [-0.15, -0.1) is 10.2 Å². The monoisotopic (exact) mass is 383 g/mol. The van der Waals surface area contributed by atoms with Crippen LogP contribution in [0, 0.1) is 11.3 Å². The van der Waals surface area contributed by atoms with E-state index in [4.69, 9.17) is 14.4 Å². The van der Waals surface area contributed by atoms with Crippen LogP contribution in [0.15, 0.2) is 57.4 Å². The smallest absolute Gasteiger partial charge is 0.338 e. The minimum absolute atomic E-state index is 0.129. The lowest BCUT2D eigenvalue weighted by molar-refractivity contribution is 0.0438. The minimum atomic E-state index is -0.528. The molecule has 7 heteroatoms. The number of benzene rings is 2. The molecule has 6 nitrogen and oxygen atoms in total. The zero-order chi connectivity index (χ0) is 16.9. The molecule has 0 aliphatic carbocycles. The summed E-state index contributed by atoms with van der Waals surface area (Å²) in [5, 5.41) is 16.6. The van der Waals surface area contributed by atoms with E-state index in [1.54, 1.807) is 12.1 Å². The lowest BCUT2D eigenvalue weighted by Gasteiger charge is -2.02. The van der Waals surface area contributed by atoms with Gasteiger partial charge in [0.05, 0.1) is 22.8 Å². The first-order valence-electron chi connectivity index (χ1n) is 6.92. The topological polar surface area (TPSA) is 89.0 Å². The largest absolute Gasteiger partial charge is 0.452 e. The molecule has 3 aromatic rings. The van der Waals surface area contributed by atoms with Gasteiger partial charge in [-0.3, -0.25) is 0 Å². The molecule has 0 saturated carbocycles. The van der Waals surface area contributed by atoms with E-state index in [1.165, 1.54) is 12.1 Å². The van der Waals surface area contributed by atoms with Gasteiger partial charge in [0.25, 0.3) is 5.89 Å². The van der Waals surface area contributed by atoms with Crippen molar-refractivity contribution in [1.82, 2.24) is 10.2 Å². The molecule has 0 fully saturated rings. The quantitative estimate of drug-likeness (QED) is 0.637. The Morgan fingerprint density at radius 2 is 1.92 bits per heavy atom. The van der Waals surface area contributed by atoms with Gasteiger partial charge in [0.1, 0.15) is 0 Å². The summed E-state index contributed by atoms with van der Waals surface area (Å²) in [6, 6.07) is 15.6. The fourth-order valence-corrected chi connectivity index (χ4v) is 2.40. The third-order valence-corrected chi connectivity index (χ3v) is 3.84. The molecule has 1 aromatic heterocycles. The van der Waals surface area contributed by atoms with E-state index in [0.717, 1.165) is 10.0 Å². The van der Waals surface area contributed by atoms with Crippen molar-refractivity contribution in [2.45, 2.75) is 6.61 Å². The Morgan fingerprint density at radius 1 is 1.17 bits per heavy atom. The highest BCUT2D eigenvalue weighted by atomic mass is 79.9. The minimum Gasteiger partial charge on any atom is -0.452 e. The molecular weight excluding hydrogens is 374 g/mol. The first-order valence-corrected chi connectivity index (χ1v) is 7.71. The highest BCUT2D eigenvalue weighted by Gasteiger charge is 2.13. The SMILES string of the molecule is N#Cc1ccc(C(=O)OCc2nnc(-c3ccccc3Br)o2)cc1. The molecule has 1 heterocycles. The van der Waals surface area contributed by atoms with E-state index in [2.05, 4.69) is 26.1 Å². The summed E-state index contributed by atoms with van der Waals surface area (Å²) in [6.45, 7) is -0.129. The molecule has 0 aliphatic rings. The summed E-state index contributed by atoms with van der Waals surface area (Å²) in [5.74, 6) is 0.00905. The average molecular weight is 384 g/mol. The number of halogens is 1. The van der Waals surface area contributed by atoms with E-state index in [9.17, 15) is 4.79 Å². The number of hydrogen-bond donors (Lipinski definition) is 0. The normalized spacial score (nSPS) is 10.2. The summed E-state index contributed by atoms with van der Waals surface area (Å²) in [7, 11) is 0. The predicted molar refractivity (Wildman–Crippen MR) is 87.7 cm³/mol. The van der Waals surface area contributed by atoms with Gasteiger partial charge in [-0.1, -0.05) is 12.1 Å². The van der Waals surface area contributed by atoms with Crippen molar-refractivity contribution in [2.24, 2.45) is 0 Å². The van der Waals surface area contributed by atoms with E-state index < -0.39 is 5.97 Å². The fourth-order valence-electron chi connectivity index (χ4n) is 1.95. The van der Waals surface area contributed by atoms with Crippen molar-refractivity contribution in [3.63, 3.8) is 0 Å². The van der Waals surface area contributed by atoms with Gasteiger partial charge in [-0.25, -0.2) is 4.79 Å². The molecule has 0 spiro atoms. The van der Waals surface area contributed by atoms with Crippen molar-refractivity contribution in [3.8, 4) is 17.5 Å². The van der Waals surface area contributed by atoms with Crippen LogP contribution in [0.5, 0.6) is 0 Å². The van der Waals surface area contributed by atoms with E-state index >= 15 is 0 Å². The first-order chi connectivity index (χ1) is 11.7. The average Bonchev–Trinajstić information content (AvgIpc) is 3.09. The second kappa shape index (κ2) is 7.06. The van der Waals surface area contributed by atoms with Gasteiger partial charge < -0.3 is 9.15 Å². The van der Waals surface area contributed by atoms with Crippen LogP contribution in [0.25, 0.3) is 11.5 Å². The zero-order valence-electron chi connectivity index (χ0n) is 12.3. The Hall–Kier alpha value is -2.98. The van der Waals surface area contributed by atoms with E-state index in [0.29, 0.717) is 17.0 Å². The molecule has 3 rings (SSSR count). The number of aromatic nitrogens is 2. The van der Waals surface area contributed by atoms with Crippen LogP contribution in [0.2, 0.25) is 0 Å². The zero-order valence-corrected chi connectivity index (χ0v) is 13.9. The molecule has 2 aromatic carbocycles. The van der Waals surface area contributed by atoms with Crippen LogP contribution in [0.4, 0.5) is 0 Å². The molecule has 0 aliphatic heterocycles. The second-order valence-corrected chi connectivity index (χ2v) is 5.60. The molecular formula is C17H10BrN3O3. The van der Waals surface area contributed by atoms with Crippen LogP contribution in [-0.4, -0.2) is 16.2 Å². The van der Waals surface area contributed by atoms with Crippen LogP contribution in [0.3, 0.4) is 0 Å². The van der Waals surface area contributed by atoms with Crippen molar-refractivity contribution in [2.75, 3.05) is 0 Å². The van der Waals surface area contributed by atoms with E-state index in [1.807, 2.05) is 30.3 Å². The predicted octanol–water partition coefficient (Wildman–Crippen LogP) is 3.73. The molecule has 0 radical (unpaired) electrons. The van der Waals surface area contributed by atoms with Gasteiger partial charge in [-0.2, -0.15) is 5.26 Å². The Labute approximate surface area is 145 Å². The molecule has 118 valence electrons. The van der Waals surface area contributed by atoms with Gasteiger partial charge in [0, 0.05) is 4.47 Å². The fraction of sp³-hybridized carbons (Fsp3) is 0.0588. The molecule has 0 amide bonds. The number of carbonyl (C=O) groups is 1. The maximum Gasteiger partial charge on any atom is 0.338 e. The number of hydrogen-bond acceptors (Lipinski definition) is 6. The van der Waals surface area contributed by atoms with Crippen LogP contribution < -0.4 is 0 Å². The van der Waals surface area contributed by atoms with Crippen molar-refractivity contribution in [1.29, 1.82) is 5.26 Å². The summed E-state index contributed by atoms with van der Waals surface area (Å²) >= 11 is 3.41. The number of nitriles is 1. The Kier molecular flexibility index (Phi) is 4.68. The molecule has 0 N–H and O–H groups in total. The van der Waals surface area contributed by atoms with Crippen LogP contribution >= 0.6 is 15.9 Å². The molecule has 0 bridgehead atoms. The Balaban J connectivity index is 1.66. The molecule has 0 saturated heterocycles. The van der Waals surface area contributed by atoms with Crippen molar-refractivity contribution in [3.05, 3.63) is 70.0 Å². The maximum absolute atomic E-state index is 11.9. The van der Waals surface area contributed by atoms with Crippen molar-refractivity contribution >= 4 is 21.9 Å². The lowest BCUT2D eigenvalue weighted by Crippen LogP contribution is -2.05. The van der Waals surface area contributed by atoms with E-state index in [-0.39, 0.29) is 12.5 Å². The van der Waals surface area contributed by atoms with Crippen LogP contribution in [-0.2, 0) is 11.3 Å². The number of nitrogens with zero attached hydrogens (tertiary/aromatic N) is 3. The van der Waals surface area contributed by atoms with Gasteiger partial charge in [-0.05, 0) is 52.3 Å². The standard InChI is InChI=1S/C17H10BrN3O3/c18-14-4-2-1-3-13(14)16-21-20-15(24-16)10-23-17(22)12-7-5-11(9-19)6-8-12/h1-8H,10H2. The summed E-state index contributed by atoms with van der Waals surface area (Å²) in [6.07, 6.45) is 0. The third-order valence-electron chi connectivity index (χ3n) is 3.15.